The van der Waals surface area contributed by atoms with Gasteiger partial charge in [0.1, 0.15) is 0 Å². The van der Waals surface area contributed by atoms with Crippen LogP contribution in [-0.4, -0.2) is 64.8 Å². The molecular weight excluding hydrogens is 340 g/mol. The van der Waals surface area contributed by atoms with Crippen LogP contribution in [0.1, 0.15) is 83.5 Å². The molecule has 0 saturated heterocycles. The lowest BCUT2D eigenvalue weighted by atomic mass is 10.1. The smallest absolute Gasteiger partial charge is 0.0700 e. The predicted molar refractivity (Wildman–Crippen MR) is 116 cm³/mol. The van der Waals surface area contributed by atoms with Crippen molar-refractivity contribution in [2.24, 2.45) is 0 Å². The molecule has 0 aliphatic carbocycles. The average molecular weight is 389 g/mol. The molecule has 3 N–H and O–H groups in total. The fraction of sp³-hybridized carbons (Fsp3) is 1.00. The summed E-state index contributed by atoms with van der Waals surface area (Å²) in [5, 5.41) is 15.4. The van der Waals surface area contributed by atoms with Gasteiger partial charge < -0.3 is 25.2 Å². The molecule has 0 atom stereocenters. The topological polar surface area (TPSA) is 62.8 Å². The van der Waals surface area contributed by atoms with E-state index in [9.17, 15) is 0 Å². The van der Waals surface area contributed by atoms with E-state index in [1.54, 1.807) is 7.11 Å². The SMILES string of the molecule is COCCOCCCNCCCCCCCCCCCCCCNCCO. The van der Waals surface area contributed by atoms with Gasteiger partial charge >= 0.3 is 0 Å². The fourth-order valence-electron chi connectivity index (χ4n) is 3.14. The second kappa shape index (κ2) is 25.8. The molecule has 164 valence electrons. The van der Waals surface area contributed by atoms with E-state index in [0.717, 1.165) is 39.2 Å². The van der Waals surface area contributed by atoms with Crippen LogP contribution < -0.4 is 10.6 Å². The zero-order valence-corrected chi connectivity index (χ0v) is 18.1. The summed E-state index contributed by atoms with van der Waals surface area (Å²) in [6.45, 7) is 6.49. The Balaban J connectivity index is 2.95. The summed E-state index contributed by atoms with van der Waals surface area (Å²) in [5.74, 6) is 0. The van der Waals surface area contributed by atoms with Crippen LogP contribution in [0.4, 0.5) is 0 Å². The highest BCUT2D eigenvalue weighted by Gasteiger charge is 1.95. The second-order valence-corrected chi connectivity index (χ2v) is 7.42. The van der Waals surface area contributed by atoms with Crippen molar-refractivity contribution in [2.45, 2.75) is 83.5 Å². The molecule has 27 heavy (non-hydrogen) atoms. The first-order valence-electron chi connectivity index (χ1n) is 11.5. The largest absolute Gasteiger partial charge is 0.395 e. The van der Waals surface area contributed by atoms with Crippen molar-refractivity contribution in [3.8, 4) is 0 Å². The molecule has 0 unspecified atom stereocenters. The third-order valence-corrected chi connectivity index (χ3v) is 4.82. The van der Waals surface area contributed by atoms with Crippen molar-refractivity contribution in [3.63, 3.8) is 0 Å². The van der Waals surface area contributed by atoms with Crippen molar-refractivity contribution in [1.82, 2.24) is 10.6 Å². The molecule has 0 rings (SSSR count). The highest BCUT2D eigenvalue weighted by Crippen LogP contribution is 2.11. The monoisotopic (exact) mass is 388 g/mol. The molecule has 0 aromatic heterocycles. The van der Waals surface area contributed by atoms with E-state index in [1.165, 1.54) is 77.0 Å². The zero-order valence-electron chi connectivity index (χ0n) is 18.1. The molecule has 0 heterocycles. The van der Waals surface area contributed by atoms with Gasteiger partial charge in [0.15, 0.2) is 0 Å². The van der Waals surface area contributed by atoms with Gasteiger partial charge in [0.05, 0.1) is 19.8 Å². The van der Waals surface area contributed by atoms with Crippen LogP contribution in [0, 0.1) is 0 Å². The maximum atomic E-state index is 8.67. The molecule has 0 fully saturated rings. The van der Waals surface area contributed by atoms with Gasteiger partial charge in [0, 0.05) is 20.3 Å². The minimum Gasteiger partial charge on any atom is -0.395 e. The average Bonchev–Trinajstić information content (AvgIpc) is 2.68. The molecule has 0 aromatic rings. The lowest BCUT2D eigenvalue weighted by Crippen LogP contribution is -2.19. The van der Waals surface area contributed by atoms with Gasteiger partial charge in [-0.25, -0.2) is 0 Å². The highest BCUT2D eigenvalue weighted by molar-refractivity contribution is 4.52. The van der Waals surface area contributed by atoms with Gasteiger partial charge in [-0.15, -0.1) is 0 Å². The van der Waals surface area contributed by atoms with E-state index >= 15 is 0 Å². The van der Waals surface area contributed by atoms with Crippen molar-refractivity contribution < 1.29 is 14.6 Å². The number of hydrogen-bond donors (Lipinski definition) is 3. The van der Waals surface area contributed by atoms with E-state index in [1.807, 2.05) is 0 Å². The lowest BCUT2D eigenvalue weighted by Gasteiger charge is -2.06. The molecule has 0 saturated carbocycles. The normalized spacial score (nSPS) is 11.3. The maximum absolute atomic E-state index is 8.67. The van der Waals surface area contributed by atoms with E-state index in [0.29, 0.717) is 13.2 Å². The van der Waals surface area contributed by atoms with Crippen LogP contribution >= 0.6 is 0 Å². The van der Waals surface area contributed by atoms with Crippen LogP contribution in [0.5, 0.6) is 0 Å². The Morgan fingerprint density at radius 1 is 0.519 bits per heavy atom. The number of rotatable bonds is 24. The van der Waals surface area contributed by atoms with Crippen LogP contribution in [0.25, 0.3) is 0 Å². The Morgan fingerprint density at radius 2 is 0.963 bits per heavy atom. The quantitative estimate of drug-likeness (QED) is 0.219. The zero-order chi connectivity index (χ0) is 19.7. The van der Waals surface area contributed by atoms with Gasteiger partial charge in [-0.2, -0.15) is 0 Å². The van der Waals surface area contributed by atoms with Gasteiger partial charge in [-0.1, -0.05) is 64.2 Å². The van der Waals surface area contributed by atoms with Crippen LogP contribution in [-0.2, 0) is 9.47 Å². The standard InChI is InChI=1S/C22H48N2O3/c1-26-21-22-27-20-14-17-23-15-12-10-8-6-4-2-3-5-7-9-11-13-16-24-18-19-25/h23-25H,2-22H2,1H3. The number of nitrogens with one attached hydrogen (secondary N) is 2. The van der Waals surface area contributed by atoms with Gasteiger partial charge in [-0.05, 0) is 38.9 Å². The van der Waals surface area contributed by atoms with Gasteiger partial charge in [-0.3, -0.25) is 0 Å². The molecular formula is C22H48N2O3. The summed E-state index contributed by atoms with van der Waals surface area (Å²) in [4.78, 5) is 0. The first-order chi connectivity index (χ1) is 13.4. The summed E-state index contributed by atoms with van der Waals surface area (Å²) >= 11 is 0. The van der Waals surface area contributed by atoms with Crippen molar-refractivity contribution >= 4 is 0 Å². The summed E-state index contributed by atoms with van der Waals surface area (Å²) in [6, 6.07) is 0. The van der Waals surface area contributed by atoms with E-state index < -0.39 is 0 Å². The minimum absolute atomic E-state index is 0.253. The molecule has 5 heteroatoms. The number of ether oxygens (including phenoxy) is 2. The number of hydrogen-bond acceptors (Lipinski definition) is 5. The summed E-state index contributed by atoms with van der Waals surface area (Å²) in [6.07, 6.45) is 17.5. The fourth-order valence-corrected chi connectivity index (χ4v) is 3.14. The minimum atomic E-state index is 0.253. The van der Waals surface area contributed by atoms with Crippen LogP contribution in [0.2, 0.25) is 0 Å². The third kappa shape index (κ3) is 25.8. The highest BCUT2D eigenvalue weighted by atomic mass is 16.5. The van der Waals surface area contributed by atoms with E-state index in [4.69, 9.17) is 14.6 Å². The van der Waals surface area contributed by atoms with E-state index in [-0.39, 0.29) is 6.61 Å². The Labute approximate surface area is 169 Å². The first-order valence-corrected chi connectivity index (χ1v) is 11.5. The van der Waals surface area contributed by atoms with Gasteiger partial charge in [0.25, 0.3) is 0 Å². The van der Waals surface area contributed by atoms with Crippen molar-refractivity contribution in [1.29, 1.82) is 0 Å². The number of methoxy groups -OCH3 is 1. The molecule has 5 nitrogen and oxygen atoms in total. The van der Waals surface area contributed by atoms with Gasteiger partial charge in [0.2, 0.25) is 0 Å². The summed E-state index contributed by atoms with van der Waals surface area (Å²) in [7, 11) is 1.70. The summed E-state index contributed by atoms with van der Waals surface area (Å²) < 4.78 is 10.4. The Bertz CT molecular complexity index is 232. The van der Waals surface area contributed by atoms with Crippen molar-refractivity contribution in [3.05, 3.63) is 0 Å². The molecule has 0 radical (unpaired) electrons. The van der Waals surface area contributed by atoms with E-state index in [2.05, 4.69) is 10.6 Å². The number of unbranched alkanes of at least 4 members (excludes halogenated alkanes) is 11. The number of aliphatic hydroxyl groups is 1. The van der Waals surface area contributed by atoms with Crippen LogP contribution in [0.3, 0.4) is 0 Å². The molecule has 0 spiro atoms. The Kier molecular flexibility index (Phi) is 25.6. The molecule has 0 aliphatic heterocycles. The Hall–Kier alpha value is -0.200. The maximum Gasteiger partial charge on any atom is 0.0700 e. The number of aliphatic hydroxyl groups excluding tert-OH is 1. The predicted octanol–water partition coefficient (Wildman–Crippen LogP) is 3.89. The summed E-state index contributed by atoms with van der Waals surface area (Å²) in [5.41, 5.74) is 0. The van der Waals surface area contributed by atoms with Crippen molar-refractivity contribution in [2.75, 3.05) is 59.7 Å². The molecule has 0 bridgehead atoms. The molecule has 0 amide bonds. The molecule has 0 aliphatic rings. The first kappa shape index (κ1) is 26.8. The third-order valence-electron chi connectivity index (χ3n) is 4.82. The molecule has 0 aromatic carbocycles. The Morgan fingerprint density at radius 3 is 1.44 bits per heavy atom. The van der Waals surface area contributed by atoms with Crippen LogP contribution in [0.15, 0.2) is 0 Å². The second-order valence-electron chi connectivity index (χ2n) is 7.42. The lowest BCUT2D eigenvalue weighted by molar-refractivity contribution is 0.0695.